The van der Waals surface area contributed by atoms with E-state index in [9.17, 15) is 18.3 Å². The van der Waals surface area contributed by atoms with E-state index < -0.39 is 21.4 Å². The van der Waals surface area contributed by atoms with E-state index in [2.05, 4.69) is 0 Å². The first-order chi connectivity index (χ1) is 11.2. The van der Waals surface area contributed by atoms with E-state index in [1.165, 1.54) is 40.4 Å². The Bertz CT molecular complexity index is 721. The van der Waals surface area contributed by atoms with E-state index in [4.69, 9.17) is 14.2 Å². The summed E-state index contributed by atoms with van der Waals surface area (Å²) in [6, 6.07) is 2.89. The number of hydrogen-bond donors (Lipinski definition) is 1. The van der Waals surface area contributed by atoms with E-state index >= 15 is 0 Å². The van der Waals surface area contributed by atoms with Gasteiger partial charge in [-0.05, 0) is 13.3 Å². The summed E-state index contributed by atoms with van der Waals surface area (Å²) < 4.78 is 42.7. The minimum Gasteiger partial charge on any atom is -0.496 e. The van der Waals surface area contributed by atoms with Crippen LogP contribution < -0.4 is 14.2 Å². The van der Waals surface area contributed by atoms with Gasteiger partial charge in [0.05, 0.1) is 26.7 Å². The number of ether oxygens (including phenoxy) is 3. The van der Waals surface area contributed by atoms with Gasteiger partial charge in [0.1, 0.15) is 17.2 Å². The summed E-state index contributed by atoms with van der Waals surface area (Å²) in [4.78, 5) is 11.2. The van der Waals surface area contributed by atoms with Gasteiger partial charge in [0.2, 0.25) is 0 Å². The second kappa shape index (κ2) is 6.48. The topological polar surface area (TPSA) is 102 Å². The van der Waals surface area contributed by atoms with E-state index in [1.807, 2.05) is 0 Å². The van der Waals surface area contributed by atoms with Crippen LogP contribution in [0.2, 0.25) is 0 Å². The van der Waals surface area contributed by atoms with Gasteiger partial charge in [-0.2, -0.15) is 4.31 Å². The summed E-state index contributed by atoms with van der Waals surface area (Å²) in [6.45, 7) is 1.54. The maximum atomic E-state index is 13.0. The largest absolute Gasteiger partial charge is 0.496 e. The highest BCUT2D eigenvalue weighted by Gasteiger charge is 2.46. The fourth-order valence-electron chi connectivity index (χ4n) is 2.66. The van der Waals surface area contributed by atoms with Crippen LogP contribution in [-0.2, 0) is 14.8 Å². The molecule has 1 fully saturated rings. The Labute approximate surface area is 141 Å². The lowest BCUT2D eigenvalue weighted by molar-refractivity contribution is -0.146. The number of hydrogen-bond acceptors (Lipinski definition) is 6. The summed E-state index contributed by atoms with van der Waals surface area (Å²) in [5, 5.41) is 9.31. The lowest BCUT2D eigenvalue weighted by atomic mass is 9.90. The van der Waals surface area contributed by atoms with Crippen molar-refractivity contribution in [1.82, 2.24) is 4.31 Å². The van der Waals surface area contributed by atoms with Crippen LogP contribution in [0.15, 0.2) is 17.0 Å². The Kier molecular flexibility index (Phi) is 4.95. The summed E-state index contributed by atoms with van der Waals surface area (Å²) >= 11 is 0. The molecule has 1 aliphatic heterocycles. The maximum absolute atomic E-state index is 13.0. The van der Waals surface area contributed by atoms with Gasteiger partial charge >= 0.3 is 5.97 Å². The van der Waals surface area contributed by atoms with Crippen molar-refractivity contribution in [3.63, 3.8) is 0 Å². The Hall–Kier alpha value is -2.00. The Morgan fingerprint density at radius 1 is 1.17 bits per heavy atom. The number of aliphatic carboxylic acids is 1. The SMILES string of the molecule is COc1cc(OC)c(S(=O)(=O)N2CCC(C)(C(=O)O)C2)c(OC)c1. The highest BCUT2D eigenvalue weighted by atomic mass is 32.2. The number of carboxylic acids is 1. The molecule has 0 radical (unpaired) electrons. The average molecular weight is 359 g/mol. The van der Waals surface area contributed by atoms with Crippen LogP contribution in [0.4, 0.5) is 0 Å². The minimum absolute atomic E-state index is 0.0788. The molecule has 0 bridgehead atoms. The Morgan fingerprint density at radius 2 is 1.71 bits per heavy atom. The van der Waals surface area contributed by atoms with Crippen LogP contribution in [0.1, 0.15) is 13.3 Å². The Balaban J connectivity index is 2.52. The van der Waals surface area contributed by atoms with Gasteiger partial charge < -0.3 is 19.3 Å². The summed E-state index contributed by atoms with van der Waals surface area (Å²) in [6.07, 6.45) is 0.238. The van der Waals surface area contributed by atoms with Crippen LogP contribution in [0.5, 0.6) is 17.2 Å². The highest BCUT2D eigenvalue weighted by molar-refractivity contribution is 7.89. The first-order valence-corrected chi connectivity index (χ1v) is 8.67. The van der Waals surface area contributed by atoms with Gasteiger partial charge in [-0.3, -0.25) is 4.79 Å². The molecule has 8 nitrogen and oxygen atoms in total. The molecule has 1 aromatic carbocycles. The van der Waals surface area contributed by atoms with Gasteiger partial charge in [0.25, 0.3) is 10.0 Å². The number of carbonyl (C=O) groups is 1. The van der Waals surface area contributed by atoms with Gasteiger partial charge in [-0.25, -0.2) is 8.42 Å². The van der Waals surface area contributed by atoms with Crippen LogP contribution >= 0.6 is 0 Å². The molecule has 134 valence electrons. The molecule has 0 saturated carbocycles. The first kappa shape index (κ1) is 18.3. The third-order valence-corrected chi connectivity index (χ3v) is 6.13. The second-order valence-electron chi connectivity index (χ2n) is 5.82. The van der Waals surface area contributed by atoms with Crippen LogP contribution in [0, 0.1) is 5.41 Å². The molecule has 1 N–H and O–H groups in total. The third kappa shape index (κ3) is 3.01. The van der Waals surface area contributed by atoms with E-state index in [1.54, 1.807) is 0 Å². The quantitative estimate of drug-likeness (QED) is 0.814. The van der Waals surface area contributed by atoms with Crippen LogP contribution in [0.3, 0.4) is 0 Å². The monoisotopic (exact) mass is 359 g/mol. The molecule has 1 aliphatic rings. The van der Waals surface area contributed by atoms with Crippen molar-refractivity contribution < 1.29 is 32.5 Å². The lowest BCUT2D eigenvalue weighted by Gasteiger charge is -2.22. The number of methoxy groups -OCH3 is 3. The standard InChI is InChI=1S/C15H21NO7S/c1-15(14(17)18)5-6-16(9-15)24(19,20)13-11(22-3)7-10(21-2)8-12(13)23-4/h7-8H,5-6,9H2,1-4H3,(H,17,18). The summed E-state index contributed by atoms with van der Waals surface area (Å²) in [5.41, 5.74) is -1.11. The molecule has 24 heavy (non-hydrogen) atoms. The predicted octanol–water partition coefficient (Wildman–Crippen LogP) is 1.20. The molecule has 1 unspecified atom stereocenters. The van der Waals surface area contributed by atoms with Gasteiger partial charge in [0, 0.05) is 25.2 Å². The molecule has 1 heterocycles. The molecule has 0 amide bonds. The number of rotatable bonds is 6. The molecular weight excluding hydrogens is 338 g/mol. The lowest BCUT2D eigenvalue weighted by Crippen LogP contribution is -2.35. The summed E-state index contributed by atoms with van der Waals surface area (Å²) in [7, 11) is 0.148. The Morgan fingerprint density at radius 3 is 2.08 bits per heavy atom. The highest BCUT2D eigenvalue weighted by Crippen LogP contribution is 2.42. The van der Waals surface area contributed by atoms with Crippen molar-refractivity contribution in [2.24, 2.45) is 5.41 Å². The number of sulfonamides is 1. The predicted molar refractivity (Wildman–Crippen MR) is 85.2 cm³/mol. The zero-order valence-corrected chi connectivity index (χ0v) is 14.8. The van der Waals surface area contributed by atoms with E-state index in [0.717, 1.165) is 4.31 Å². The first-order valence-electron chi connectivity index (χ1n) is 7.23. The number of benzene rings is 1. The van der Waals surface area contributed by atoms with Crippen molar-refractivity contribution >= 4 is 16.0 Å². The smallest absolute Gasteiger partial charge is 0.310 e. The summed E-state index contributed by atoms with van der Waals surface area (Å²) in [5.74, 6) is -0.474. The van der Waals surface area contributed by atoms with Crippen LogP contribution in [0.25, 0.3) is 0 Å². The molecule has 1 atom stereocenters. The van der Waals surface area contributed by atoms with Crippen molar-refractivity contribution in [3.8, 4) is 17.2 Å². The zero-order valence-electron chi connectivity index (χ0n) is 14.0. The van der Waals surface area contributed by atoms with E-state index in [-0.39, 0.29) is 35.9 Å². The molecule has 2 rings (SSSR count). The maximum Gasteiger partial charge on any atom is 0.310 e. The van der Waals surface area contributed by atoms with Crippen molar-refractivity contribution in [3.05, 3.63) is 12.1 Å². The molecule has 0 spiro atoms. The van der Waals surface area contributed by atoms with Crippen molar-refractivity contribution in [2.45, 2.75) is 18.2 Å². The molecule has 0 aliphatic carbocycles. The number of nitrogens with zero attached hydrogens (tertiary/aromatic N) is 1. The minimum atomic E-state index is -3.99. The zero-order chi connectivity index (χ0) is 18.1. The molecule has 0 aromatic heterocycles. The van der Waals surface area contributed by atoms with Crippen molar-refractivity contribution in [1.29, 1.82) is 0 Å². The molecule has 1 saturated heterocycles. The fourth-order valence-corrected chi connectivity index (χ4v) is 4.49. The average Bonchev–Trinajstić information content (AvgIpc) is 2.98. The third-order valence-electron chi connectivity index (χ3n) is 4.22. The molecule has 9 heteroatoms. The van der Waals surface area contributed by atoms with Gasteiger partial charge in [0.15, 0.2) is 4.90 Å². The molecule has 1 aromatic rings. The van der Waals surface area contributed by atoms with Crippen molar-refractivity contribution in [2.75, 3.05) is 34.4 Å². The fraction of sp³-hybridized carbons (Fsp3) is 0.533. The normalized spacial score (nSPS) is 21.5. The van der Waals surface area contributed by atoms with Crippen LogP contribution in [-0.4, -0.2) is 58.2 Å². The van der Waals surface area contributed by atoms with Gasteiger partial charge in [-0.1, -0.05) is 0 Å². The van der Waals surface area contributed by atoms with E-state index in [0.29, 0.717) is 5.75 Å². The van der Waals surface area contributed by atoms with Gasteiger partial charge in [-0.15, -0.1) is 0 Å². The second-order valence-corrected chi connectivity index (χ2v) is 7.69. The number of carboxylic acid groups (broad SMARTS) is 1. The molecular formula is C15H21NO7S.